The number of aliphatic hydroxyl groups excluding tert-OH is 1. The summed E-state index contributed by atoms with van der Waals surface area (Å²) in [5, 5.41) is 9.72. The van der Waals surface area contributed by atoms with Gasteiger partial charge in [-0.15, -0.1) is 0 Å². The van der Waals surface area contributed by atoms with Crippen LogP contribution >= 0.6 is 11.6 Å². The largest absolute Gasteiger partial charge is 0.392 e. The van der Waals surface area contributed by atoms with E-state index in [1.807, 2.05) is 6.92 Å². The highest BCUT2D eigenvalue weighted by Gasteiger charge is 2.33. The molecule has 1 N–H and O–H groups in total. The molecule has 1 aromatic rings. The van der Waals surface area contributed by atoms with Gasteiger partial charge in [0, 0.05) is 17.6 Å². The highest BCUT2D eigenvalue weighted by molar-refractivity contribution is 7.89. The highest BCUT2D eigenvalue weighted by atomic mass is 35.5. The van der Waals surface area contributed by atoms with Crippen LogP contribution < -0.4 is 0 Å². The van der Waals surface area contributed by atoms with E-state index in [1.165, 1.54) is 6.07 Å². The molecular formula is C15H22ClNO3S. The summed E-state index contributed by atoms with van der Waals surface area (Å²) in [6, 6.07) is 3.16. The Hall–Kier alpha value is -0.620. The van der Waals surface area contributed by atoms with Crippen molar-refractivity contribution in [1.82, 2.24) is 4.31 Å². The molecule has 1 heterocycles. The molecule has 1 aliphatic rings. The Morgan fingerprint density at radius 2 is 2.10 bits per heavy atom. The molecule has 0 aliphatic carbocycles. The van der Waals surface area contributed by atoms with E-state index >= 15 is 0 Å². The zero-order chi connectivity index (χ0) is 15.6. The molecule has 1 aliphatic heterocycles. The number of piperidine rings is 1. The molecule has 6 heteroatoms. The third kappa shape index (κ3) is 3.26. The molecule has 0 spiro atoms. The van der Waals surface area contributed by atoms with Crippen LogP contribution in [0.25, 0.3) is 0 Å². The molecule has 21 heavy (non-hydrogen) atoms. The van der Waals surface area contributed by atoms with E-state index in [2.05, 4.69) is 0 Å². The van der Waals surface area contributed by atoms with Crippen LogP contribution in [0.2, 0.25) is 5.02 Å². The maximum Gasteiger partial charge on any atom is 0.243 e. The van der Waals surface area contributed by atoms with Crippen LogP contribution in [0.4, 0.5) is 0 Å². The Balaban J connectivity index is 2.50. The van der Waals surface area contributed by atoms with Gasteiger partial charge in [-0.1, -0.05) is 24.9 Å². The van der Waals surface area contributed by atoms with E-state index in [1.54, 1.807) is 17.3 Å². The van der Waals surface area contributed by atoms with Crippen molar-refractivity contribution in [2.24, 2.45) is 0 Å². The second kappa shape index (κ2) is 6.65. The SMILES string of the molecule is CCC1CCCCN1S(=O)(=O)c1cc(Cl)cc(CO)c1C. The lowest BCUT2D eigenvalue weighted by molar-refractivity contribution is 0.246. The first kappa shape index (κ1) is 16.7. The molecular weight excluding hydrogens is 310 g/mol. The number of aliphatic hydroxyl groups is 1. The van der Waals surface area contributed by atoms with Gasteiger partial charge in [-0.2, -0.15) is 4.31 Å². The molecule has 0 radical (unpaired) electrons. The Morgan fingerprint density at radius 3 is 2.71 bits per heavy atom. The Morgan fingerprint density at radius 1 is 1.38 bits per heavy atom. The van der Waals surface area contributed by atoms with Crippen molar-refractivity contribution in [1.29, 1.82) is 0 Å². The number of hydrogen-bond donors (Lipinski definition) is 1. The van der Waals surface area contributed by atoms with Crippen LogP contribution in [-0.4, -0.2) is 30.4 Å². The van der Waals surface area contributed by atoms with Gasteiger partial charge in [0.15, 0.2) is 0 Å². The normalized spacial score (nSPS) is 20.7. The smallest absolute Gasteiger partial charge is 0.243 e. The van der Waals surface area contributed by atoms with Crippen molar-refractivity contribution < 1.29 is 13.5 Å². The van der Waals surface area contributed by atoms with Gasteiger partial charge in [0.1, 0.15) is 0 Å². The standard InChI is InChI=1S/C15H22ClNO3S/c1-3-14-6-4-5-7-17(14)21(19,20)15-9-13(16)8-12(10-18)11(15)2/h8-9,14,18H,3-7,10H2,1-2H3. The quantitative estimate of drug-likeness (QED) is 0.922. The first-order chi connectivity index (χ1) is 9.91. The first-order valence-corrected chi connectivity index (χ1v) is 9.15. The third-order valence-electron chi connectivity index (χ3n) is 4.23. The zero-order valence-electron chi connectivity index (χ0n) is 12.5. The maximum absolute atomic E-state index is 13.0. The summed E-state index contributed by atoms with van der Waals surface area (Å²) in [5.41, 5.74) is 1.15. The lowest BCUT2D eigenvalue weighted by Crippen LogP contribution is -2.43. The Kier molecular flexibility index (Phi) is 5.30. The first-order valence-electron chi connectivity index (χ1n) is 7.33. The number of nitrogens with zero attached hydrogens (tertiary/aromatic N) is 1. The molecule has 1 saturated heterocycles. The summed E-state index contributed by atoms with van der Waals surface area (Å²) in [6.45, 7) is 4.08. The van der Waals surface area contributed by atoms with Crippen molar-refractivity contribution in [3.8, 4) is 0 Å². The van der Waals surface area contributed by atoms with Crippen LogP contribution in [-0.2, 0) is 16.6 Å². The molecule has 2 rings (SSSR count). The second-order valence-corrected chi connectivity index (χ2v) is 7.82. The summed E-state index contributed by atoms with van der Waals surface area (Å²) < 4.78 is 27.6. The number of hydrogen-bond acceptors (Lipinski definition) is 3. The van der Waals surface area contributed by atoms with E-state index in [-0.39, 0.29) is 17.5 Å². The van der Waals surface area contributed by atoms with Crippen molar-refractivity contribution in [3.63, 3.8) is 0 Å². The molecule has 0 bridgehead atoms. The van der Waals surface area contributed by atoms with E-state index < -0.39 is 10.0 Å². The number of benzene rings is 1. The number of rotatable bonds is 4. The van der Waals surface area contributed by atoms with Gasteiger partial charge in [0.25, 0.3) is 0 Å². The predicted octanol–water partition coefficient (Wildman–Crippen LogP) is 3.09. The fourth-order valence-corrected chi connectivity index (χ4v) is 5.33. The van der Waals surface area contributed by atoms with Gasteiger partial charge in [0.2, 0.25) is 10.0 Å². The molecule has 1 unspecified atom stereocenters. The molecule has 0 saturated carbocycles. The second-order valence-electron chi connectivity index (χ2n) is 5.52. The number of sulfonamides is 1. The van der Waals surface area contributed by atoms with Crippen LogP contribution in [0.1, 0.15) is 43.7 Å². The summed E-state index contributed by atoms with van der Waals surface area (Å²) in [5.74, 6) is 0. The van der Waals surface area contributed by atoms with E-state index in [9.17, 15) is 13.5 Å². The summed E-state index contributed by atoms with van der Waals surface area (Å²) in [7, 11) is -3.57. The minimum atomic E-state index is -3.57. The van der Waals surface area contributed by atoms with Crippen LogP contribution in [0.5, 0.6) is 0 Å². The predicted molar refractivity (Wildman–Crippen MR) is 83.9 cm³/mol. The average Bonchev–Trinajstić information content (AvgIpc) is 2.48. The van der Waals surface area contributed by atoms with Crippen LogP contribution in [0.3, 0.4) is 0 Å². The lowest BCUT2D eigenvalue weighted by atomic mass is 10.0. The van der Waals surface area contributed by atoms with E-state index in [0.717, 1.165) is 25.7 Å². The van der Waals surface area contributed by atoms with Gasteiger partial charge in [0.05, 0.1) is 11.5 Å². The van der Waals surface area contributed by atoms with Crippen LogP contribution in [0.15, 0.2) is 17.0 Å². The van der Waals surface area contributed by atoms with Gasteiger partial charge < -0.3 is 5.11 Å². The average molecular weight is 332 g/mol. The summed E-state index contributed by atoms with van der Waals surface area (Å²) in [4.78, 5) is 0.222. The minimum Gasteiger partial charge on any atom is -0.392 e. The van der Waals surface area contributed by atoms with Gasteiger partial charge in [-0.25, -0.2) is 8.42 Å². The molecule has 0 aromatic heterocycles. The fourth-order valence-electron chi connectivity index (χ4n) is 2.96. The lowest BCUT2D eigenvalue weighted by Gasteiger charge is -2.34. The van der Waals surface area contributed by atoms with Crippen molar-refractivity contribution in [2.75, 3.05) is 6.54 Å². The van der Waals surface area contributed by atoms with Crippen molar-refractivity contribution in [2.45, 2.75) is 57.1 Å². The van der Waals surface area contributed by atoms with Gasteiger partial charge in [-0.05, 0) is 49.4 Å². The van der Waals surface area contributed by atoms with Crippen molar-refractivity contribution in [3.05, 3.63) is 28.3 Å². The monoisotopic (exact) mass is 331 g/mol. The Bertz CT molecular complexity index is 616. The molecule has 118 valence electrons. The molecule has 1 atom stereocenters. The highest BCUT2D eigenvalue weighted by Crippen LogP contribution is 2.31. The van der Waals surface area contributed by atoms with E-state index in [4.69, 9.17) is 11.6 Å². The van der Waals surface area contributed by atoms with Gasteiger partial charge in [-0.3, -0.25) is 0 Å². The zero-order valence-corrected chi connectivity index (χ0v) is 14.0. The number of halogens is 1. The summed E-state index contributed by atoms with van der Waals surface area (Å²) in [6.07, 6.45) is 3.68. The fraction of sp³-hybridized carbons (Fsp3) is 0.600. The third-order valence-corrected chi connectivity index (χ3v) is 6.53. The molecule has 4 nitrogen and oxygen atoms in total. The maximum atomic E-state index is 13.0. The topological polar surface area (TPSA) is 57.6 Å². The summed E-state index contributed by atoms with van der Waals surface area (Å²) >= 11 is 6.02. The molecule has 0 amide bonds. The minimum absolute atomic E-state index is 0.0553. The van der Waals surface area contributed by atoms with Crippen LogP contribution in [0, 0.1) is 6.92 Å². The molecule has 1 aromatic carbocycles. The van der Waals surface area contributed by atoms with E-state index in [0.29, 0.717) is 22.7 Å². The van der Waals surface area contributed by atoms with Crippen molar-refractivity contribution >= 4 is 21.6 Å². The van der Waals surface area contributed by atoms with Gasteiger partial charge >= 0.3 is 0 Å². The Labute approximate surface area is 131 Å². The molecule has 1 fully saturated rings.